The number of carbonyl (C=O) groups is 2. The summed E-state index contributed by atoms with van der Waals surface area (Å²) < 4.78 is 10.3. The van der Waals surface area contributed by atoms with Gasteiger partial charge >= 0.3 is 12.0 Å². The van der Waals surface area contributed by atoms with Crippen molar-refractivity contribution >= 4 is 17.7 Å². The molecule has 0 saturated carbocycles. The molecule has 0 bridgehead atoms. The van der Waals surface area contributed by atoms with Gasteiger partial charge < -0.3 is 24.8 Å². The van der Waals surface area contributed by atoms with Gasteiger partial charge in [0.15, 0.2) is 11.5 Å². The number of hydrogen-bond donors (Lipinski definition) is 2. The molecule has 1 aromatic carbocycles. The van der Waals surface area contributed by atoms with Crippen LogP contribution in [0.2, 0.25) is 0 Å². The summed E-state index contributed by atoms with van der Waals surface area (Å²) in [5, 5.41) is 20.7. The van der Waals surface area contributed by atoms with E-state index in [1.165, 1.54) is 28.1 Å². The molecule has 0 aliphatic rings. The van der Waals surface area contributed by atoms with Crippen LogP contribution in [0.25, 0.3) is 0 Å². The Hall–Kier alpha value is -2.95. The van der Waals surface area contributed by atoms with Crippen molar-refractivity contribution in [2.24, 2.45) is 0 Å². The number of carboxylic acid groups (broad SMARTS) is 1. The summed E-state index contributed by atoms with van der Waals surface area (Å²) in [6.45, 7) is 2.80. The molecule has 0 atom stereocenters. The minimum atomic E-state index is -1.46. The number of amides is 2. The van der Waals surface area contributed by atoms with Gasteiger partial charge in [0, 0.05) is 18.3 Å². The molecule has 0 radical (unpaired) electrons. The molecule has 0 aliphatic heterocycles. The van der Waals surface area contributed by atoms with E-state index in [1.807, 2.05) is 6.07 Å². The quantitative estimate of drug-likeness (QED) is 0.791. The standard InChI is InChI=1S/C16H21N3O5/c1-16(2,14(20)21)19(9-5-8-17)15(22)18-11-6-7-12(23-3)13(10-11)24-4/h6-7,10H,5,9H2,1-4H3,(H,18,22)(H,20,21). The Morgan fingerprint density at radius 1 is 1.29 bits per heavy atom. The molecule has 1 aromatic rings. The fourth-order valence-corrected chi connectivity index (χ4v) is 2.02. The van der Waals surface area contributed by atoms with Crippen molar-refractivity contribution in [3.63, 3.8) is 0 Å². The molecule has 0 saturated heterocycles. The highest BCUT2D eigenvalue weighted by atomic mass is 16.5. The third-order valence-corrected chi connectivity index (χ3v) is 3.53. The number of urea groups is 1. The average Bonchev–Trinajstić information content (AvgIpc) is 2.54. The number of benzene rings is 1. The van der Waals surface area contributed by atoms with E-state index >= 15 is 0 Å². The molecule has 0 unspecified atom stereocenters. The second-order valence-corrected chi connectivity index (χ2v) is 5.42. The first kappa shape index (κ1) is 19.1. The molecule has 130 valence electrons. The Labute approximate surface area is 140 Å². The number of nitrogens with one attached hydrogen (secondary N) is 1. The lowest BCUT2D eigenvalue weighted by molar-refractivity contribution is -0.147. The number of ether oxygens (including phenoxy) is 2. The van der Waals surface area contributed by atoms with Crippen molar-refractivity contribution in [2.75, 3.05) is 26.1 Å². The average molecular weight is 335 g/mol. The van der Waals surface area contributed by atoms with Crippen LogP contribution in [0.5, 0.6) is 11.5 Å². The van der Waals surface area contributed by atoms with Gasteiger partial charge in [-0.3, -0.25) is 0 Å². The molecule has 0 aromatic heterocycles. The number of nitriles is 1. The first-order valence-corrected chi connectivity index (χ1v) is 7.19. The van der Waals surface area contributed by atoms with Gasteiger partial charge in [-0.25, -0.2) is 9.59 Å². The molecule has 0 heterocycles. The Balaban J connectivity index is 3.04. The molecular formula is C16H21N3O5. The van der Waals surface area contributed by atoms with E-state index in [2.05, 4.69) is 5.32 Å². The number of rotatable bonds is 7. The maximum atomic E-state index is 12.5. The van der Waals surface area contributed by atoms with Gasteiger partial charge in [0.1, 0.15) is 5.54 Å². The fraction of sp³-hybridized carbons (Fsp3) is 0.438. The third-order valence-electron chi connectivity index (χ3n) is 3.53. The zero-order chi connectivity index (χ0) is 18.3. The van der Waals surface area contributed by atoms with E-state index in [0.717, 1.165) is 4.90 Å². The second kappa shape index (κ2) is 8.06. The Morgan fingerprint density at radius 3 is 2.42 bits per heavy atom. The SMILES string of the molecule is COc1ccc(NC(=O)N(CCC#N)C(C)(C)C(=O)O)cc1OC. The monoisotopic (exact) mass is 335 g/mol. The van der Waals surface area contributed by atoms with Crippen LogP contribution in [0, 0.1) is 11.3 Å². The van der Waals surface area contributed by atoms with Crippen molar-refractivity contribution in [1.29, 1.82) is 5.26 Å². The molecule has 8 heteroatoms. The summed E-state index contributed by atoms with van der Waals surface area (Å²) in [4.78, 5) is 25.0. The van der Waals surface area contributed by atoms with Crippen LogP contribution in [0.4, 0.5) is 10.5 Å². The van der Waals surface area contributed by atoms with Crippen LogP contribution >= 0.6 is 0 Å². The Bertz CT molecular complexity index is 652. The highest BCUT2D eigenvalue weighted by molar-refractivity contribution is 5.94. The molecule has 2 N–H and O–H groups in total. The highest BCUT2D eigenvalue weighted by Crippen LogP contribution is 2.30. The van der Waals surface area contributed by atoms with Gasteiger partial charge in [0.2, 0.25) is 0 Å². The molecule has 2 amide bonds. The largest absolute Gasteiger partial charge is 0.493 e. The molecule has 24 heavy (non-hydrogen) atoms. The predicted octanol–water partition coefficient (Wildman–Crippen LogP) is 2.31. The summed E-state index contributed by atoms with van der Waals surface area (Å²) in [7, 11) is 2.96. The van der Waals surface area contributed by atoms with Crippen molar-refractivity contribution in [3.05, 3.63) is 18.2 Å². The molecule has 0 spiro atoms. The van der Waals surface area contributed by atoms with Crippen LogP contribution < -0.4 is 14.8 Å². The lowest BCUT2D eigenvalue weighted by atomic mass is 10.0. The summed E-state index contributed by atoms with van der Waals surface area (Å²) in [5.41, 5.74) is -1.04. The van der Waals surface area contributed by atoms with Gasteiger partial charge in [-0.1, -0.05) is 0 Å². The first-order chi connectivity index (χ1) is 11.3. The van der Waals surface area contributed by atoms with E-state index in [9.17, 15) is 14.7 Å². The molecular weight excluding hydrogens is 314 g/mol. The third kappa shape index (κ3) is 4.29. The molecule has 8 nitrogen and oxygen atoms in total. The summed E-state index contributed by atoms with van der Waals surface area (Å²) in [5.74, 6) is -0.234. The van der Waals surface area contributed by atoms with Crippen LogP contribution in [-0.4, -0.2) is 48.3 Å². The van der Waals surface area contributed by atoms with Gasteiger partial charge in [0.25, 0.3) is 0 Å². The minimum absolute atomic E-state index is 0.00504. The number of aliphatic carboxylic acids is 1. The second-order valence-electron chi connectivity index (χ2n) is 5.42. The van der Waals surface area contributed by atoms with Crippen LogP contribution in [-0.2, 0) is 4.79 Å². The number of carbonyl (C=O) groups excluding carboxylic acids is 1. The molecule has 1 rings (SSSR count). The highest BCUT2D eigenvalue weighted by Gasteiger charge is 2.37. The zero-order valence-electron chi connectivity index (χ0n) is 14.1. The normalized spacial score (nSPS) is 10.5. The number of nitrogens with zero attached hydrogens (tertiary/aromatic N) is 2. The van der Waals surface area contributed by atoms with E-state index in [0.29, 0.717) is 17.2 Å². The lowest BCUT2D eigenvalue weighted by Crippen LogP contribution is -2.54. The fourth-order valence-electron chi connectivity index (χ4n) is 2.02. The van der Waals surface area contributed by atoms with Gasteiger partial charge in [0.05, 0.1) is 26.7 Å². The number of hydrogen-bond acceptors (Lipinski definition) is 5. The lowest BCUT2D eigenvalue weighted by Gasteiger charge is -2.34. The smallest absolute Gasteiger partial charge is 0.329 e. The van der Waals surface area contributed by atoms with Gasteiger partial charge in [-0.05, 0) is 26.0 Å². The van der Waals surface area contributed by atoms with E-state index in [1.54, 1.807) is 18.2 Å². The first-order valence-electron chi connectivity index (χ1n) is 7.19. The summed E-state index contributed by atoms with van der Waals surface area (Å²) >= 11 is 0. The Kier molecular flexibility index (Phi) is 6.41. The van der Waals surface area contributed by atoms with Crippen LogP contribution in [0.1, 0.15) is 20.3 Å². The van der Waals surface area contributed by atoms with Crippen LogP contribution in [0.3, 0.4) is 0 Å². The molecule has 0 fully saturated rings. The van der Waals surface area contributed by atoms with E-state index in [4.69, 9.17) is 14.7 Å². The van der Waals surface area contributed by atoms with E-state index < -0.39 is 17.5 Å². The number of anilines is 1. The Morgan fingerprint density at radius 2 is 1.92 bits per heavy atom. The number of carboxylic acids is 1. The molecule has 0 aliphatic carbocycles. The van der Waals surface area contributed by atoms with Gasteiger partial charge in [-0.2, -0.15) is 5.26 Å². The van der Waals surface area contributed by atoms with Crippen molar-refractivity contribution < 1.29 is 24.2 Å². The summed E-state index contributed by atoms with van der Waals surface area (Å²) in [6, 6.07) is 6.08. The van der Waals surface area contributed by atoms with Crippen molar-refractivity contribution in [3.8, 4) is 17.6 Å². The number of methoxy groups -OCH3 is 2. The van der Waals surface area contributed by atoms with Crippen LogP contribution in [0.15, 0.2) is 18.2 Å². The van der Waals surface area contributed by atoms with Crippen molar-refractivity contribution in [2.45, 2.75) is 25.8 Å². The minimum Gasteiger partial charge on any atom is -0.493 e. The van der Waals surface area contributed by atoms with E-state index in [-0.39, 0.29) is 13.0 Å². The topological polar surface area (TPSA) is 112 Å². The predicted molar refractivity (Wildman–Crippen MR) is 87.2 cm³/mol. The maximum Gasteiger partial charge on any atom is 0.329 e. The maximum absolute atomic E-state index is 12.5. The van der Waals surface area contributed by atoms with Gasteiger partial charge in [-0.15, -0.1) is 0 Å². The van der Waals surface area contributed by atoms with Crippen molar-refractivity contribution in [1.82, 2.24) is 4.90 Å². The summed E-state index contributed by atoms with van der Waals surface area (Å²) in [6.07, 6.45) is 0.0239. The zero-order valence-corrected chi connectivity index (χ0v) is 14.1.